The summed E-state index contributed by atoms with van der Waals surface area (Å²) in [7, 11) is 0. The van der Waals surface area contributed by atoms with Crippen molar-refractivity contribution in [1.82, 2.24) is 19.9 Å². The normalized spacial score (nSPS) is 11.6. The molecule has 0 amide bonds. The summed E-state index contributed by atoms with van der Waals surface area (Å²) in [5, 5.41) is 6.58. The number of furan rings is 1. The van der Waals surface area contributed by atoms with Gasteiger partial charge in [0.25, 0.3) is 0 Å². The van der Waals surface area contributed by atoms with Crippen LogP contribution in [0.5, 0.6) is 0 Å². The molecule has 5 nitrogen and oxygen atoms in total. The zero-order chi connectivity index (χ0) is 29.7. The highest BCUT2D eigenvalue weighted by Crippen LogP contribution is 2.37. The van der Waals surface area contributed by atoms with Gasteiger partial charge in [0.1, 0.15) is 16.9 Å². The van der Waals surface area contributed by atoms with E-state index in [4.69, 9.17) is 24.4 Å². The minimum absolute atomic E-state index is 0.499. The average Bonchev–Trinajstić information content (AvgIpc) is 3.48. The first-order chi connectivity index (χ1) is 22.3. The van der Waals surface area contributed by atoms with E-state index in [9.17, 15) is 0 Å². The Kier molecular flexibility index (Phi) is 5.74. The summed E-state index contributed by atoms with van der Waals surface area (Å²) in [5.41, 5.74) is 6.31. The van der Waals surface area contributed by atoms with Crippen LogP contribution in [0.4, 0.5) is 0 Å². The molecule has 210 valence electrons. The Hall–Kier alpha value is -6.20. The number of nitrogens with zero attached hydrogens (tertiary/aromatic N) is 4. The fourth-order valence-corrected chi connectivity index (χ4v) is 6.08. The molecule has 9 rings (SSSR count). The molecule has 0 aliphatic rings. The third-order valence-electron chi connectivity index (χ3n) is 8.36. The van der Waals surface area contributed by atoms with Crippen molar-refractivity contribution in [3.05, 3.63) is 146 Å². The number of hydrogen-bond donors (Lipinski definition) is 0. The van der Waals surface area contributed by atoms with Crippen LogP contribution < -0.4 is 0 Å². The van der Waals surface area contributed by atoms with E-state index in [-0.39, 0.29) is 0 Å². The van der Waals surface area contributed by atoms with Gasteiger partial charge in [-0.3, -0.25) is 4.98 Å². The van der Waals surface area contributed by atoms with Crippen molar-refractivity contribution in [2.45, 2.75) is 0 Å². The van der Waals surface area contributed by atoms with Gasteiger partial charge < -0.3 is 4.42 Å². The number of fused-ring (bicyclic) bond motifs is 5. The van der Waals surface area contributed by atoms with Gasteiger partial charge in [0.05, 0.1) is 5.39 Å². The Morgan fingerprint density at radius 3 is 1.73 bits per heavy atom. The summed E-state index contributed by atoms with van der Waals surface area (Å²) >= 11 is 0. The number of aromatic nitrogens is 4. The quantitative estimate of drug-likeness (QED) is 0.209. The molecule has 0 aliphatic heterocycles. The van der Waals surface area contributed by atoms with Gasteiger partial charge in [0, 0.05) is 22.7 Å². The minimum atomic E-state index is 0.499. The van der Waals surface area contributed by atoms with Crippen LogP contribution in [0.3, 0.4) is 0 Å². The van der Waals surface area contributed by atoms with Gasteiger partial charge in [-0.2, -0.15) is 0 Å². The lowest BCUT2D eigenvalue weighted by molar-refractivity contribution is 0.669. The molecule has 9 aromatic rings. The lowest BCUT2D eigenvalue weighted by Gasteiger charge is -2.09. The standard InChI is InChI=1S/C40H24N4O/c1-2-9-27(10-3-1)38-42-39(28-17-14-26(15-18-28)32-19-16-25-8-4-5-11-29(25)22-32)44-40(43-38)37-36-33-23-30-12-6-7-13-31(30)24-35(33)45-34(36)20-21-41-37/h1-24H. The molecule has 0 saturated heterocycles. The second-order valence-electron chi connectivity index (χ2n) is 11.1. The van der Waals surface area contributed by atoms with Gasteiger partial charge in [-0.05, 0) is 56.9 Å². The van der Waals surface area contributed by atoms with Gasteiger partial charge in [0.15, 0.2) is 17.5 Å². The number of rotatable bonds is 4. The number of pyridine rings is 1. The summed E-state index contributed by atoms with van der Waals surface area (Å²) in [5.74, 6) is 1.67. The van der Waals surface area contributed by atoms with E-state index in [1.165, 1.54) is 10.8 Å². The van der Waals surface area contributed by atoms with Crippen molar-refractivity contribution in [2.75, 3.05) is 0 Å². The van der Waals surface area contributed by atoms with E-state index in [0.717, 1.165) is 55.0 Å². The minimum Gasteiger partial charge on any atom is -0.456 e. The SMILES string of the molecule is c1ccc(-c2nc(-c3ccc(-c4ccc5ccccc5c4)cc3)nc(-c3nccc4oc5cc6ccccc6cc5c34)n2)cc1. The Labute approximate surface area is 258 Å². The maximum atomic E-state index is 6.32. The molecule has 0 fully saturated rings. The van der Waals surface area contributed by atoms with Crippen molar-refractivity contribution in [1.29, 1.82) is 0 Å². The van der Waals surface area contributed by atoms with E-state index >= 15 is 0 Å². The fraction of sp³-hybridized carbons (Fsp3) is 0. The molecule has 6 aromatic carbocycles. The molecule has 0 N–H and O–H groups in total. The monoisotopic (exact) mass is 576 g/mol. The second-order valence-corrected chi connectivity index (χ2v) is 11.1. The molecule has 0 unspecified atom stereocenters. The summed E-state index contributed by atoms with van der Waals surface area (Å²) in [4.78, 5) is 19.7. The average molecular weight is 577 g/mol. The molecule has 0 radical (unpaired) electrons. The first-order valence-corrected chi connectivity index (χ1v) is 14.9. The molecule has 3 aromatic heterocycles. The molecule has 3 heterocycles. The highest BCUT2D eigenvalue weighted by atomic mass is 16.3. The Bertz CT molecular complexity index is 2540. The summed E-state index contributed by atoms with van der Waals surface area (Å²) in [6.07, 6.45) is 1.75. The van der Waals surface area contributed by atoms with Crippen LogP contribution in [0.15, 0.2) is 150 Å². The molecule has 0 bridgehead atoms. The number of hydrogen-bond acceptors (Lipinski definition) is 5. The summed E-state index contributed by atoms with van der Waals surface area (Å²) < 4.78 is 6.32. The molecule has 0 saturated carbocycles. The van der Waals surface area contributed by atoms with Crippen LogP contribution in [0.2, 0.25) is 0 Å². The maximum Gasteiger partial charge on any atom is 0.183 e. The third kappa shape index (κ3) is 4.41. The topological polar surface area (TPSA) is 64.7 Å². The van der Waals surface area contributed by atoms with Crippen LogP contribution in [-0.2, 0) is 0 Å². The predicted octanol–water partition coefficient (Wildman–Crippen LogP) is 10.1. The van der Waals surface area contributed by atoms with Gasteiger partial charge in [-0.25, -0.2) is 15.0 Å². The first-order valence-electron chi connectivity index (χ1n) is 14.9. The molecule has 0 atom stereocenters. The first kappa shape index (κ1) is 25.3. The smallest absolute Gasteiger partial charge is 0.183 e. The predicted molar refractivity (Wildman–Crippen MR) is 182 cm³/mol. The molecule has 45 heavy (non-hydrogen) atoms. The van der Waals surface area contributed by atoms with Crippen LogP contribution >= 0.6 is 0 Å². The second kappa shape index (κ2) is 10.2. The Balaban J connectivity index is 1.21. The lowest BCUT2D eigenvalue weighted by atomic mass is 10.00. The highest BCUT2D eigenvalue weighted by Gasteiger charge is 2.19. The van der Waals surface area contributed by atoms with Crippen molar-refractivity contribution in [2.24, 2.45) is 0 Å². The number of benzene rings is 6. The van der Waals surface area contributed by atoms with E-state index < -0.39 is 0 Å². The molecule has 0 spiro atoms. The third-order valence-corrected chi connectivity index (χ3v) is 8.36. The molecular formula is C40H24N4O. The van der Waals surface area contributed by atoms with Gasteiger partial charge >= 0.3 is 0 Å². The van der Waals surface area contributed by atoms with E-state index in [1.807, 2.05) is 48.5 Å². The lowest BCUT2D eigenvalue weighted by Crippen LogP contribution is -2.01. The van der Waals surface area contributed by atoms with Crippen LogP contribution in [0.25, 0.3) is 88.9 Å². The van der Waals surface area contributed by atoms with Crippen LogP contribution in [0.1, 0.15) is 0 Å². The van der Waals surface area contributed by atoms with E-state index in [0.29, 0.717) is 23.2 Å². The summed E-state index contributed by atoms with van der Waals surface area (Å²) in [6, 6.07) is 47.8. The fourth-order valence-electron chi connectivity index (χ4n) is 6.08. The molecular weight excluding hydrogens is 552 g/mol. The van der Waals surface area contributed by atoms with Crippen molar-refractivity contribution >= 4 is 43.5 Å². The zero-order valence-corrected chi connectivity index (χ0v) is 24.1. The van der Waals surface area contributed by atoms with Crippen molar-refractivity contribution < 1.29 is 4.42 Å². The van der Waals surface area contributed by atoms with E-state index in [1.54, 1.807) is 6.20 Å². The van der Waals surface area contributed by atoms with E-state index in [2.05, 4.69) is 91.0 Å². The molecule has 5 heteroatoms. The van der Waals surface area contributed by atoms with Crippen LogP contribution in [0, 0.1) is 0 Å². The molecule has 0 aliphatic carbocycles. The van der Waals surface area contributed by atoms with Gasteiger partial charge in [0.2, 0.25) is 0 Å². The Morgan fingerprint density at radius 2 is 0.978 bits per heavy atom. The van der Waals surface area contributed by atoms with Gasteiger partial charge in [-0.1, -0.05) is 115 Å². The Morgan fingerprint density at radius 1 is 0.400 bits per heavy atom. The summed E-state index contributed by atoms with van der Waals surface area (Å²) in [6.45, 7) is 0. The van der Waals surface area contributed by atoms with Crippen LogP contribution in [-0.4, -0.2) is 19.9 Å². The van der Waals surface area contributed by atoms with Crippen molar-refractivity contribution in [3.63, 3.8) is 0 Å². The largest absolute Gasteiger partial charge is 0.456 e. The van der Waals surface area contributed by atoms with Gasteiger partial charge in [-0.15, -0.1) is 0 Å². The van der Waals surface area contributed by atoms with Crippen molar-refractivity contribution in [3.8, 4) is 45.4 Å². The maximum absolute atomic E-state index is 6.32. The zero-order valence-electron chi connectivity index (χ0n) is 24.1. The highest BCUT2D eigenvalue weighted by molar-refractivity contribution is 6.14.